The van der Waals surface area contributed by atoms with Crippen molar-refractivity contribution in [1.29, 1.82) is 0 Å². The van der Waals surface area contributed by atoms with E-state index in [2.05, 4.69) is 20.3 Å². The number of amides is 1. The molecule has 0 atom stereocenters. The zero-order valence-corrected chi connectivity index (χ0v) is 16.1. The van der Waals surface area contributed by atoms with Crippen LogP contribution in [0.25, 0.3) is 10.7 Å². The highest BCUT2D eigenvalue weighted by atomic mass is 35.5. The van der Waals surface area contributed by atoms with Crippen molar-refractivity contribution in [1.82, 2.24) is 25.2 Å². The van der Waals surface area contributed by atoms with Crippen molar-refractivity contribution in [2.75, 3.05) is 26.2 Å². The highest BCUT2D eigenvalue weighted by Gasteiger charge is 2.38. The van der Waals surface area contributed by atoms with Gasteiger partial charge in [0.25, 0.3) is 5.91 Å². The van der Waals surface area contributed by atoms with E-state index < -0.39 is 0 Å². The predicted molar refractivity (Wildman–Crippen MR) is 103 cm³/mol. The molecule has 2 aromatic rings. The normalized spacial score (nSPS) is 18.5. The first-order valence-electron chi connectivity index (χ1n) is 7.98. The van der Waals surface area contributed by atoms with Gasteiger partial charge in [0.2, 0.25) is 0 Å². The predicted octanol–water partition coefficient (Wildman–Crippen LogP) is 2.66. The first-order valence-corrected chi connectivity index (χ1v) is 8.86. The summed E-state index contributed by atoms with van der Waals surface area (Å²) in [5.74, 6) is 0.0391. The van der Waals surface area contributed by atoms with Crippen molar-refractivity contribution >= 4 is 42.1 Å². The molecule has 0 saturated carbocycles. The lowest BCUT2D eigenvalue weighted by atomic mass is 9.78. The molecule has 1 amide bonds. The van der Waals surface area contributed by atoms with Crippen LogP contribution in [-0.2, 0) is 0 Å². The van der Waals surface area contributed by atoms with Gasteiger partial charge in [-0.2, -0.15) is 0 Å². The number of halogens is 2. The molecule has 0 radical (unpaired) electrons. The number of hydrogen-bond acceptors (Lipinski definition) is 6. The summed E-state index contributed by atoms with van der Waals surface area (Å²) in [6, 6.07) is 0. The van der Waals surface area contributed by atoms with Crippen molar-refractivity contribution in [2.45, 2.75) is 19.3 Å². The standard InChI is InChI=1S/C16H19N5OS.2ClH/c22-15(21-7-2-16(3-8-21)1-4-18-11-16)13-10-23-14(20-13)12-9-17-5-6-19-12;;/h5-6,9-10,18H,1-4,7-8,11H2;2*1H. The zero-order valence-electron chi connectivity index (χ0n) is 13.7. The van der Waals surface area contributed by atoms with E-state index in [1.54, 1.807) is 18.6 Å². The quantitative estimate of drug-likeness (QED) is 0.837. The Balaban J connectivity index is 0.00000113. The Bertz CT molecular complexity index is 696. The van der Waals surface area contributed by atoms with Crippen LogP contribution in [-0.4, -0.2) is 51.9 Å². The SMILES string of the molecule is Cl.Cl.O=C(c1csc(-c2cnccn2)n1)N1CCC2(CCNC2)CC1. The van der Waals surface area contributed by atoms with Gasteiger partial charge in [-0.3, -0.25) is 14.8 Å². The Hall–Kier alpha value is -1.28. The van der Waals surface area contributed by atoms with E-state index in [-0.39, 0.29) is 30.7 Å². The third-order valence-electron chi connectivity index (χ3n) is 4.95. The van der Waals surface area contributed by atoms with Crippen LogP contribution in [0.4, 0.5) is 0 Å². The largest absolute Gasteiger partial charge is 0.337 e. The number of piperidine rings is 1. The molecule has 2 aliphatic heterocycles. The molecule has 2 saturated heterocycles. The van der Waals surface area contributed by atoms with E-state index in [0.717, 1.165) is 44.0 Å². The number of hydrogen-bond donors (Lipinski definition) is 1. The number of carbonyl (C=O) groups excluding carboxylic acids is 1. The van der Waals surface area contributed by atoms with E-state index >= 15 is 0 Å². The number of rotatable bonds is 2. The second kappa shape index (κ2) is 8.40. The molecule has 0 unspecified atom stereocenters. The molecule has 9 heteroatoms. The van der Waals surface area contributed by atoms with Gasteiger partial charge in [0.1, 0.15) is 16.4 Å². The maximum absolute atomic E-state index is 12.7. The van der Waals surface area contributed by atoms with Gasteiger partial charge in [0.15, 0.2) is 0 Å². The summed E-state index contributed by atoms with van der Waals surface area (Å²) in [5.41, 5.74) is 1.66. The number of likely N-dealkylation sites (tertiary alicyclic amines) is 1. The fraction of sp³-hybridized carbons (Fsp3) is 0.500. The van der Waals surface area contributed by atoms with Gasteiger partial charge in [-0.25, -0.2) is 4.98 Å². The Morgan fingerprint density at radius 3 is 2.64 bits per heavy atom. The molecule has 4 heterocycles. The fourth-order valence-electron chi connectivity index (χ4n) is 3.47. The smallest absolute Gasteiger partial charge is 0.273 e. The average molecular weight is 402 g/mol. The molecule has 0 bridgehead atoms. The fourth-order valence-corrected chi connectivity index (χ4v) is 4.22. The van der Waals surface area contributed by atoms with Crippen molar-refractivity contribution in [2.24, 2.45) is 5.41 Å². The Labute approximate surface area is 163 Å². The summed E-state index contributed by atoms with van der Waals surface area (Å²) in [6.07, 6.45) is 8.36. The van der Waals surface area contributed by atoms with E-state index in [9.17, 15) is 4.79 Å². The molecular formula is C16H21Cl2N5OS. The summed E-state index contributed by atoms with van der Waals surface area (Å²) in [6.45, 7) is 3.88. The second-order valence-electron chi connectivity index (χ2n) is 6.35. The van der Waals surface area contributed by atoms with Gasteiger partial charge in [-0.1, -0.05) is 0 Å². The number of aromatic nitrogens is 3. The number of nitrogens with zero attached hydrogens (tertiary/aromatic N) is 4. The first-order chi connectivity index (χ1) is 11.3. The van der Waals surface area contributed by atoms with Crippen LogP contribution < -0.4 is 5.32 Å². The van der Waals surface area contributed by atoms with Crippen LogP contribution in [0.5, 0.6) is 0 Å². The van der Waals surface area contributed by atoms with E-state index in [0.29, 0.717) is 16.8 Å². The molecule has 2 aliphatic rings. The summed E-state index contributed by atoms with van der Waals surface area (Å²) >= 11 is 1.44. The zero-order chi connectivity index (χ0) is 15.7. The molecule has 25 heavy (non-hydrogen) atoms. The van der Waals surface area contributed by atoms with Crippen LogP contribution in [0.15, 0.2) is 24.0 Å². The summed E-state index contributed by atoms with van der Waals surface area (Å²) < 4.78 is 0. The van der Waals surface area contributed by atoms with Crippen molar-refractivity contribution in [3.8, 4) is 10.7 Å². The van der Waals surface area contributed by atoms with Crippen LogP contribution in [0, 0.1) is 5.41 Å². The lowest BCUT2D eigenvalue weighted by Gasteiger charge is -2.38. The molecule has 4 rings (SSSR count). The Morgan fingerprint density at radius 1 is 1.20 bits per heavy atom. The molecule has 136 valence electrons. The Morgan fingerprint density at radius 2 is 2.00 bits per heavy atom. The molecular weight excluding hydrogens is 381 g/mol. The van der Waals surface area contributed by atoms with Crippen molar-refractivity contribution < 1.29 is 4.79 Å². The molecule has 0 aromatic carbocycles. The average Bonchev–Trinajstić information content (AvgIpc) is 3.26. The van der Waals surface area contributed by atoms with Gasteiger partial charge < -0.3 is 10.2 Å². The van der Waals surface area contributed by atoms with Crippen LogP contribution in [0.1, 0.15) is 29.8 Å². The molecule has 1 N–H and O–H groups in total. The summed E-state index contributed by atoms with van der Waals surface area (Å²) in [5, 5.41) is 6.03. The second-order valence-corrected chi connectivity index (χ2v) is 7.21. The van der Waals surface area contributed by atoms with Crippen LogP contribution in [0.2, 0.25) is 0 Å². The lowest BCUT2D eigenvalue weighted by molar-refractivity contribution is 0.0603. The maximum atomic E-state index is 12.7. The molecule has 2 aromatic heterocycles. The topological polar surface area (TPSA) is 71.0 Å². The number of nitrogens with one attached hydrogen (secondary N) is 1. The number of carbonyl (C=O) groups is 1. The highest BCUT2D eigenvalue weighted by molar-refractivity contribution is 7.13. The lowest BCUT2D eigenvalue weighted by Crippen LogP contribution is -2.44. The van der Waals surface area contributed by atoms with Crippen LogP contribution >= 0.6 is 36.2 Å². The number of thiazole rings is 1. The molecule has 2 fully saturated rings. The first kappa shape index (κ1) is 20.0. The van der Waals surface area contributed by atoms with Gasteiger partial charge in [-0.15, -0.1) is 36.2 Å². The highest BCUT2D eigenvalue weighted by Crippen LogP contribution is 2.37. The molecule has 1 spiro atoms. The molecule has 6 nitrogen and oxygen atoms in total. The third kappa shape index (κ3) is 4.11. The van der Waals surface area contributed by atoms with Gasteiger partial charge in [0, 0.05) is 37.4 Å². The van der Waals surface area contributed by atoms with Gasteiger partial charge >= 0.3 is 0 Å². The van der Waals surface area contributed by atoms with Gasteiger partial charge in [0.05, 0.1) is 6.20 Å². The minimum absolute atomic E-state index is 0. The maximum Gasteiger partial charge on any atom is 0.273 e. The summed E-state index contributed by atoms with van der Waals surface area (Å²) in [4.78, 5) is 27.4. The monoisotopic (exact) mass is 401 g/mol. The minimum Gasteiger partial charge on any atom is -0.337 e. The van der Waals surface area contributed by atoms with Crippen molar-refractivity contribution in [3.63, 3.8) is 0 Å². The summed E-state index contributed by atoms with van der Waals surface area (Å²) in [7, 11) is 0. The van der Waals surface area contributed by atoms with Gasteiger partial charge in [-0.05, 0) is 31.2 Å². The van der Waals surface area contributed by atoms with E-state index in [1.165, 1.54) is 17.8 Å². The minimum atomic E-state index is 0. The Kier molecular flexibility index (Phi) is 6.73. The van der Waals surface area contributed by atoms with Crippen LogP contribution in [0.3, 0.4) is 0 Å². The van der Waals surface area contributed by atoms with E-state index in [4.69, 9.17) is 0 Å². The van der Waals surface area contributed by atoms with Crippen molar-refractivity contribution in [3.05, 3.63) is 29.7 Å². The van der Waals surface area contributed by atoms with E-state index in [1.807, 2.05) is 10.3 Å². The molecule has 0 aliphatic carbocycles. The third-order valence-corrected chi connectivity index (χ3v) is 5.81.